The van der Waals surface area contributed by atoms with Crippen LogP contribution in [-0.4, -0.2) is 27.7 Å². The Morgan fingerprint density at radius 1 is 1.04 bits per heavy atom. The van der Waals surface area contributed by atoms with E-state index >= 15 is 0 Å². The van der Waals surface area contributed by atoms with Crippen molar-refractivity contribution in [2.75, 3.05) is 13.2 Å². The Morgan fingerprint density at radius 2 is 1.82 bits per heavy atom. The van der Waals surface area contributed by atoms with Crippen LogP contribution < -0.4 is 10.1 Å². The van der Waals surface area contributed by atoms with E-state index in [1.807, 2.05) is 25.1 Å². The molecule has 2 heterocycles. The normalized spacial score (nSPS) is 15.8. The molecule has 1 aliphatic rings. The Hall–Kier alpha value is -2.79. The molecule has 4 nitrogen and oxygen atoms in total. The Bertz CT molecular complexity index is 921. The molecule has 4 rings (SSSR count). The fourth-order valence-electron chi connectivity index (χ4n) is 3.74. The fraction of sp³-hybridized carbons (Fsp3) is 0.261. The minimum Gasteiger partial charge on any atom is -0.494 e. The van der Waals surface area contributed by atoms with Crippen LogP contribution in [0.3, 0.4) is 0 Å². The molecule has 0 radical (unpaired) electrons. The van der Waals surface area contributed by atoms with Gasteiger partial charge in [-0.05, 0) is 54.5 Å². The number of rotatable bonds is 5. The number of fused-ring (bicyclic) bond motifs is 1. The maximum atomic E-state index is 5.80. The fourth-order valence-corrected chi connectivity index (χ4v) is 4.01. The highest BCUT2D eigenvalue weighted by atomic mass is 32.1. The Morgan fingerprint density at radius 3 is 2.57 bits per heavy atom. The average Bonchev–Trinajstić information content (AvgIpc) is 3.22. The molecular formula is C23H25N3OS. The Balaban J connectivity index is 1.57. The van der Waals surface area contributed by atoms with Crippen LogP contribution >= 0.6 is 12.2 Å². The van der Waals surface area contributed by atoms with Gasteiger partial charge in [0.2, 0.25) is 0 Å². The number of benzene rings is 2. The average molecular weight is 392 g/mol. The summed E-state index contributed by atoms with van der Waals surface area (Å²) in [5, 5.41) is 4.23. The molecule has 0 aliphatic carbocycles. The lowest BCUT2D eigenvalue weighted by molar-refractivity contribution is 0.285. The van der Waals surface area contributed by atoms with Crippen LogP contribution in [0.1, 0.15) is 29.8 Å². The molecule has 144 valence electrons. The van der Waals surface area contributed by atoms with E-state index in [0.717, 1.165) is 30.5 Å². The van der Waals surface area contributed by atoms with E-state index in [0.29, 0.717) is 6.61 Å². The third-order valence-electron chi connectivity index (χ3n) is 5.09. The van der Waals surface area contributed by atoms with E-state index in [1.54, 1.807) is 0 Å². The number of aromatic nitrogens is 1. The molecule has 0 spiro atoms. The lowest BCUT2D eigenvalue weighted by atomic mass is 10.00. The van der Waals surface area contributed by atoms with Crippen LogP contribution in [0.5, 0.6) is 5.75 Å². The van der Waals surface area contributed by atoms with Crippen molar-refractivity contribution < 1.29 is 4.74 Å². The highest BCUT2D eigenvalue weighted by Gasteiger charge is 2.30. The first kappa shape index (κ1) is 18.6. The minimum absolute atomic E-state index is 0.0928. The molecule has 1 atom stereocenters. The SMILES string of the molecule is CCOc1ccc([C@@H]2c3cccn3CCN2C(=S)NCc2ccccc2)cc1. The van der Waals surface area contributed by atoms with E-state index in [9.17, 15) is 0 Å². The van der Waals surface area contributed by atoms with Gasteiger partial charge in [-0.15, -0.1) is 0 Å². The van der Waals surface area contributed by atoms with Crippen molar-refractivity contribution in [3.63, 3.8) is 0 Å². The lowest BCUT2D eigenvalue weighted by Crippen LogP contribution is -2.46. The molecule has 1 aliphatic heterocycles. The summed E-state index contributed by atoms with van der Waals surface area (Å²) in [7, 11) is 0. The molecule has 28 heavy (non-hydrogen) atoms. The summed E-state index contributed by atoms with van der Waals surface area (Å²) in [4.78, 5) is 2.29. The van der Waals surface area contributed by atoms with Gasteiger partial charge in [0.05, 0.1) is 12.6 Å². The van der Waals surface area contributed by atoms with Gasteiger partial charge in [0.15, 0.2) is 5.11 Å². The standard InChI is InChI=1S/C23H25N3OS/c1-2-27-20-12-10-19(11-13-20)22-21-9-6-14-25(21)15-16-26(22)23(28)24-17-18-7-4-3-5-8-18/h3-14,22H,2,15-17H2,1H3,(H,24,28)/t22-/m1/s1. The zero-order valence-corrected chi connectivity index (χ0v) is 16.9. The lowest BCUT2D eigenvalue weighted by Gasteiger charge is -2.39. The minimum atomic E-state index is 0.0928. The van der Waals surface area contributed by atoms with Crippen LogP contribution in [0.2, 0.25) is 0 Å². The molecule has 0 saturated heterocycles. The van der Waals surface area contributed by atoms with Gasteiger partial charge in [0.25, 0.3) is 0 Å². The molecule has 0 saturated carbocycles. The molecule has 0 amide bonds. The quantitative estimate of drug-likeness (QED) is 0.654. The van der Waals surface area contributed by atoms with E-state index in [4.69, 9.17) is 17.0 Å². The van der Waals surface area contributed by atoms with Crippen LogP contribution in [-0.2, 0) is 13.1 Å². The monoisotopic (exact) mass is 391 g/mol. The summed E-state index contributed by atoms with van der Waals surface area (Å²) >= 11 is 5.80. The summed E-state index contributed by atoms with van der Waals surface area (Å²) in [6, 6.07) is 23.1. The van der Waals surface area contributed by atoms with Gasteiger partial charge in [0, 0.05) is 31.5 Å². The molecule has 3 aromatic rings. The molecule has 0 bridgehead atoms. The highest BCUT2D eigenvalue weighted by molar-refractivity contribution is 7.80. The first-order valence-corrected chi connectivity index (χ1v) is 10.1. The predicted octanol–water partition coefficient (Wildman–Crippen LogP) is 4.37. The zero-order valence-electron chi connectivity index (χ0n) is 16.0. The summed E-state index contributed by atoms with van der Waals surface area (Å²) < 4.78 is 7.92. The van der Waals surface area contributed by atoms with Gasteiger partial charge in [-0.1, -0.05) is 42.5 Å². The van der Waals surface area contributed by atoms with Crippen molar-refractivity contribution in [3.05, 3.63) is 89.7 Å². The van der Waals surface area contributed by atoms with Crippen molar-refractivity contribution in [1.82, 2.24) is 14.8 Å². The van der Waals surface area contributed by atoms with Gasteiger partial charge in [-0.25, -0.2) is 0 Å². The second kappa shape index (κ2) is 8.48. The van der Waals surface area contributed by atoms with Gasteiger partial charge < -0.3 is 19.5 Å². The van der Waals surface area contributed by atoms with Crippen molar-refractivity contribution in [1.29, 1.82) is 0 Å². The Labute approximate surface area is 171 Å². The third-order valence-corrected chi connectivity index (χ3v) is 5.47. The van der Waals surface area contributed by atoms with Crippen LogP contribution in [0, 0.1) is 0 Å². The molecule has 0 unspecified atom stereocenters. The zero-order chi connectivity index (χ0) is 19.3. The van der Waals surface area contributed by atoms with E-state index in [1.165, 1.54) is 16.8 Å². The van der Waals surface area contributed by atoms with Crippen LogP contribution in [0.25, 0.3) is 0 Å². The number of hydrogen-bond acceptors (Lipinski definition) is 2. The van der Waals surface area contributed by atoms with Crippen molar-refractivity contribution in [2.45, 2.75) is 26.1 Å². The molecule has 1 aromatic heterocycles. The van der Waals surface area contributed by atoms with Gasteiger partial charge in [0.1, 0.15) is 5.75 Å². The maximum Gasteiger partial charge on any atom is 0.170 e. The van der Waals surface area contributed by atoms with Crippen molar-refractivity contribution >= 4 is 17.3 Å². The number of nitrogens with zero attached hydrogens (tertiary/aromatic N) is 2. The number of thiocarbonyl (C=S) groups is 1. The number of hydrogen-bond donors (Lipinski definition) is 1. The Kier molecular flexibility index (Phi) is 5.63. The highest BCUT2D eigenvalue weighted by Crippen LogP contribution is 2.33. The van der Waals surface area contributed by atoms with Gasteiger partial charge in [-0.2, -0.15) is 0 Å². The number of ether oxygens (including phenoxy) is 1. The molecule has 2 aromatic carbocycles. The van der Waals surface area contributed by atoms with E-state index < -0.39 is 0 Å². The molecule has 0 fully saturated rings. The van der Waals surface area contributed by atoms with Crippen molar-refractivity contribution in [2.24, 2.45) is 0 Å². The first-order chi connectivity index (χ1) is 13.8. The smallest absolute Gasteiger partial charge is 0.170 e. The van der Waals surface area contributed by atoms with Crippen molar-refractivity contribution in [3.8, 4) is 5.75 Å². The topological polar surface area (TPSA) is 29.4 Å². The first-order valence-electron chi connectivity index (χ1n) is 9.72. The maximum absolute atomic E-state index is 5.80. The van der Waals surface area contributed by atoms with Gasteiger partial charge >= 0.3 is 0 Å². The van der Waals surface area contributed by atoms with E-state index in [2.05, 4.69) is 69.5 Å². The van der Waals surface area contributed by atoms with Gasteiger partial charge in [-0.3, -0.25) is 0 Å². The largest absolute Gasteiger partial charge is 0.494 e. The van der Waals surface area contributed by atoms with E-state index in [-0.39, 0.29) is 6.04 Å². The summed E-state index contributed by atoms with van der Waals surface area (Å²) in [6.07, 6.45) is 2.15. The second-order valence-corrected chi connectivity index (χ2v) is 7.26. The molecule has 1 N–H and O–H groups in total. The van der Waals surface area contributed by atoms with Crippen LogP contribution in [0.15, 0.2) is 72.9 Å². The van der Waals surface area contributed by atoms with Crippen LogP contribution in [0.4, 0.5) is 0 Å². The predicted molar refractivity (Wildman–Crippen MR) is 116 cm³/mol. The second-order valence-electron chi connectivity index (χ2n) is 6.87. The molecule has 5 heteroatoms. The number of nitrogens with one attached hydrogen (secondary N) is 1. The summed E-state index contributed by atoms with van der Waals surface area (Å²) in [5.74, 6) is 0.897. The molecular weight excluding hydrogens is 366 g/mol. The summed E-state index contributed by atoms with van der Waals surface area (Å²) in [6.45, 7) is 5.21. The third kappa shape index (κ3) is 3.90. The summed E-state index contributed by atoms with van der Waals surface area (Å²) in [5.41, 5.74) is 3.70.